The van der Waals surface area contributed by atoms with Crippen molar-refractivity contribution >= 4 is 0 Å². The SMILES string of the molecule is COc1cc(F)c(F)cc1C(F)(F)CN. The van der Waals surface area contributed by atoms with Gasteiger partial charge < -0.3 is 10.5 Å². The predicted octanol–water partition coefficient (Wildman–Crippen LogP) is 2.02. The number of halogens is 4. The third-order valence-electron chi connectivity index (χ3n) is 1.89. The van der Waals surface area contributed by atoms with E-state index in [0.29, 0.717) is 12.1 Å². The fourth-order valence-corrected chi connectivity index (χ4v) is 1.09. The molecular weight excluding hydrogens is 214 g/mol. The van der Waals surface area contributed by atoms with Crippen molar-refractivity contribution < 1.29 is 22.3 Å². The Hall–Kier alpha value is -1.30. The highest BCUT2D eigenvalue weighted by molar-refractivity contribution is 5.38. The lowest BCUT2D eigenvalue weighted by Gasteiger charge is -2.17. The first-order chi connectivity index (χ1) is 6.92. The summed E-state index contributed by atoms with van der Waals surface area (Å²) in [5, 5.41) is 0. The normalized spacial score (nSPS) is 11.6. The minimum Gasteiger partial charge on any atom is -0.496 e. The van der Waals surface area contributed by atoms with Crippen molar-refractivity contribution in [2.75, 3.05) is 13.7 Å². The van der Waals surface area contributed by atoms with Crippen molar-refractivity contribution in [2.45, 2.75) is 5.92 Å². The van der Waals surface area contributed by atoms with Gasteiger partial charge in [-0.25, -0.2) is 8.78 Å². The van der Waals surface area contributed by atoms with E-state index in [1.54, 1.807) is 0 Å². The summed E-state index contributed by atoms with van der Waals surface area (Å²) in [6, 6.07) is 0.954. The summed E-state index contributed by atoms with van der Waals surface area (Å²) in [4.78, 5) is 0. The molecule has 0 fully saturated rings. The Bertz CT molecular complexity index is 367. The van der Waals surface area contributed by atoms with E-state index in [0.717, 1.165) is 7.11 Å². The van der Waals surface area contributed by atoms with Crippen molar-refractivity contribution in [3.63, 3.8) is 0 Å². The Morgan fingerprint density at radius 2 is 1.80 bits per heavy atom. The van der Waals surface area contributed by atoms with Crippen LogP contribution in [0.15, 0.2) is 12.1 Å². The molecule has 1 aromatic carbocycles. The molecule has 0 bridgehead atoms. The van der Waals surface area contributed by atoms with Crippen LogP contribution in [-0.2, 0) is 5.92 Å². The third-order valence-corrected chi connectivity index (χ3v) is 1.89. The molecule has 1 aromatic rings. The first kappa shape index (κ1) is 11.8. The summed E-state index contributed by atoms with van der Waals surface area (Å²) >= 11 is 0. The summed E-state index contributed by atoms with van der Waals surface area (Å²) in [7, 11) is 1.09. The molecule has 6 heteroatoms. The molecule has 1 rings (SSSR count). The van der Waals surface area contributed by atoms with E-state index in [1.165, 1.54) is 0 Å². The van der Waals surface area contributed by atoms with Gasteiger partial charge in [0, 0.05) is 6.07 Å². The van der Waals surface area contributed by atoms with E-state index in [4.69, 9.17) is 5.73 Å². The molecule has 2 N–H and O–H groups in total. The maximum Gasteiger partial charge on any atom is 0.288 e. The standard InChI is InChI=1S/C9H9F4NO/c1-15-8-3-7(11)6(10)2-5(8)9(12,13)4-14/h2-3H,4,14H2,1H3. The number of ether oxygens (including phenoxy) is 1. The van der Waals surface area contributed by atoms with Crippen molar-refractivity contribution in [3.8, 4) is 5.75 Å². The largest absolute Gasteiger partial charge is 0.496 e. The van der Waals surface area contributed by atoms with Crippen LogP contribution in [0.4, 0.5) is 17.6 Å². The molecule has 0 saturated heterocycles. The summed E-state index contributed by atoms with van der Waals surface area (Å²) in [6.07, 6.45) is 0. The molecule has 0 atom stereocenters. The van der Waals surface area contributed by atoms with E-state index in [-0.39, 0.29) is 0 Å². The average Bonchev–Trinajstić information content (AvgIpc) is 2.21. The molecule has 0 aliphatic heterocycles. The number of hydrogen-bond acceptors (Lipinski definition) is 2. The van der Waals surface area contributed by atoms with Crippen LogP contribution in [0.1, 0.15) is 5.56 Å². The molecule has 2 nitrogen and oxygen atoms in total. The number of benzene rings is 1. The summed E-state index contributed by atoms with van der Waals surface area (Å²) in [6.45, 7) is -1.01. The molecule has 0 aromatic heterocycles. The quantitative estimate of drug-likeness (QED) is 0.795. The number of alkyl halides is 2. The molecule has 0 spiro atoms. The van der Waals surface area contributed by atoms with E-state index < -0.39 is 35.4 Å². The molecule has 0 unspecified atom stereocenters. The molecule has 0 heterocycles. The zero-order valence-corrected chi connectivity index (χ0v) is 7.86. The highest BCUT2D eigenvalue weighted by Crippen LogP contribution is 2.35. The van der Waals surface area contributed by atoms with Crippen LogP contribution < -0.4 is 10.5 Å². The zero-order valence-electron chi connectivity index (χ0n) is 7.86. The zero-order chi connectivity index (χ0) is 11.6. The van der Waals surface area contributed by atoms with Crippen LogP contribution in [0, 0.1) is 11.6 Å². The van der Waals surface area contributed by atoms with Gasteiger partial charge in [0.25, 0.3) is 5.92 Å². The van der Waals surface area contributed by atoms with E-state index in [1.807, 2.05) is 0 Å². The van der Waals surface area contributed by atoms with Gasteiger partial charge >= 0.3 is 0 Å². The molecular formula is C9H9F4NO. The van der Waals surface area contributed by atoms with Gasteiger partial charge in [0.2, 0.25) is 0 Å². The maximum atomic E-state index is 13.2. The van der Waals surface area contributed by atoms with E-state index >= 15 is 0 Å². The van der Waals surface area contributed by atoms with Crippen LogP contribution in [0.5, 0.6) is 5.75 Å². The summed E-state index contributed by atoms with van der Waals surface area (Å²) in [5.74, 6) is -6.48. The Morgan fingerprint density at radius 3 is 2.27 bits per heavy atom. The van der Waals surface area contributed by atoms with Crippen LogP contribution in [0.2, 0.25) is 0 Å². The van der Waals surface area contributed by atoms with Gasteiger partial charge in [-0.15, -0.1) is 0 Å². The van der Waals surface area contributed by atoms with E-state index in [2.05, 4.69) is 4.74 Å². The second-order valence-corrected chi connectivity index (χ2v) is 2.88. The van der Waals surface area contributed by atoms with Crippen molar-refractivity contribution in [2.24, 2.45) is 5.73 Å². The van der Waals surface area contributed by atoms with Gasteiger partial charge in [0.05, 0.1) is 19.2 Å². The van der Waals surface area contributed by atoms with Gasteiger partial charge in [-0.3, -0.25) is 0 Å². The van der Waals surface area contributed by atoms with Crippen LogP contribution in [0.25, 0.3) is 0 Å². The Labute approximate surface area is 83.6 Å². The van der Waals surface area contributed by atoms with Crippen LogP contribution >= 0.6 is 0 Å². The monoisotopic (exact) mass is 223 g/mol. The highest BCUT2D eigenvalue weighted by atomic mass is 19.3. The summed E-state index contributed by atoms with van der Waals surface area (Å²) < 4.78 is 56.3. The molecule has 84 valence electrons. The van der Waals surface area contributed by atoms with Gasteiger partial charge in [-0.05, 0) is 6.07 Å². The molecule has 0 amide bonds. The average molecular weight is 223 g/mol. The lowest BCUT2D eigenvalue weighted by molar-refractivity contribution is 0.00325. The Kier molecular flexibility index (Phi) is 3.18. The molecule has 0 aliphatic carbocycles. The first-order valence-electron chi connectivity index (χ1n) is 4.03. The second-order valence-electron chi connectivity index (χ2n) is 2.88. The number of methoxy groups -OCH3 is 1. The maximum absolute atomic E-state index is 13.2. The van der Waals surface area contributed by atoms with Crippen molar-refractivity contribution in [1.29, 1.82) is 0 Å². The summed E-state index contributed by atoms with van der Waals surface area (Å²) in [5.41, 5.74) is 4.07. The molecule has 0 aliphatic rings. The van der Waals surface area contributed by atoms with Crippen molar-refractivity contribution in [1.82, 2.24) is 0 Å². The van der Waals surface area contributed by atoms with Crippen LogP contribution in [0.3, 0.4) is 0 Å². The van der Waals surface area contributed by atoms with E-state index in [9.17, 15) is 17.6 Å². The highest BCUT2D eigenvalue weighted by Gasteiger charge is 2.34. The minimum absolute atomic E-state index is 0.390. The smallest absolute Gasteiger partial charge is 0.288 e. The predicted molar refractivity (Wildman–Crippen MR) is 45.9 cm³/mol. The molecule has 0 saturated carbocycles. The minimum atomic E-state index is -3.44. The van der Waals surface area contributed by atoms with Crippen molar-refractivity contribution in [3.05, 3.63) is 29.3 Å². The molecule has 15 heavy (non-hydrogen) atoms. The lowest BCUT2D eigenvalue weighted by Crippen LogP contribution is -2.26. The number of nitrogens with two attached hydrogens (primary N) is 1. The van der Waals surface area contributed by atoms with Gasteiger partial charge in [-0.1, -0.05) is 0 Å². The van der Waals surface area contributed by atoms with Crippen LogP contribution in [-0.4, -0.2) is 13.7 Å². The van der Waals surface area contributed by atoms with Gasteiger partial charge in [0.1, 0.15) is 5.75 Å². The third kappa shape index (κ3) is 2.20. The topological polar surface area (TPSA) is 35.2 Å². The Balaban J connectivity index is 3.34. The number of hydrogen-bond donors (Lipinski definition) is 1. The lowest BCUT2D eigenvalue weighted by atomic mass is 10.1. The first-order valence-corrected chi connectivity index (χ1v) is 4.03. The molecule has 0 radical (unpaired) electrons. The van der Waals surface area contributed by atoms with Gasteiger partial charge in [-0.2, -0.15) is 8.78 Å². The fourth-order valence-electron chi connectivity index (χ4n) is 1.09. The second kappa shape index (κ2) is 4.06. The Morgan fingerprint density at radius 1 is 1.27 bits per heavy atom. The number of rotatable bonds is 3. The fraction of sp³-hybridized carbons (Fsp3) is 0.333. The van der Waals surface area contributed by atoms with Gasteiger partial charge in [0.15, 0.2) is 11.6 Å².